The Morgan fingerprint density at radius 3 is 1.77 bits per heavy atom. The van der Waals surface area contributed by atoms with E-state index in [-0.39, 0.29) is 0 Å². The van der Waals surface area contributed by atoms with Crippen LogP contribution in [0.2, 0.25) is 0 Å². The molecule has 0 aromatic carbocycles. The van der Waals surface area contributed by atoms with Crippen molar-refractivity contribution in [2.45, 2.75) is 117 Å². The third-order valence-electron chi connectivity index (χ3n) is 4.08. The van der Waals surface area contributed by atoms with Crippen molar-refractivity contribution in [3.8, 4) is 0 Å². The summed E-state index contributed by atoms with van der Waals surface area (Å²) in [5.41, 5.74) is -0.580. The van der Waals surface area contributed by atoms with Gasteiger partial charge < -0.3 is 14.8 Å². The molecule has 0 bridgehead atoms. The molecule has 5 nitrogen and oxygen atoms in total. The molecular formula is C21H41NO4. The summed E-state index contributed by atoms with van der Waals surface area (Å²) in [6.45, 7) is 9.60. The minimum Gasteiger partial charge on any atom is -0.464 e. The molecule has 0 aromatic heterocycles. The molecule has 1 amide bonds. The summed E-state index contributed by atoms with van der Waals surface area (Å²) >= 11 is 0. The van der Waals surface area contributed by atoms with Crippen LogP contribution in [0, 0.1) is 0 Å². The maximum absolute atomic E-state index is 11.8. The highest BCUT2D eigenvalue weighted by Crippen LogP contribution is 2.11. The number of carbonyl (C=O) groups excluding carboxylic acids is 2. The Balaban J connectivity index is 3.52. The molecule has 0 unspecified atom stereocenters. The Hall–Kier alpha value is -1.26. The zero-order chi connectivity index (χ0) is 19.8. The van der Waals surface area contributed by atoms with Crippen molar-refractivity contribution >= 4 is 12.1 Å². The number of hydrogen-bond acceptors (Lipinski definition) is 4. The van der Waals surface area contributed by atoms with E-state index in [2.05, 4.69) is 12.2 Å². The molecule has 0 saturated carbocycles. The first kappa shape index (κ1) is 24.7. The van der Waals surface area contributed by atoms with Gasteiger partial charge in [0.15, 0.2) is 0 Å². The van der Waals surface area contributed by atoms with E-state index in [0.29, 0.717) is 6.61 Å². The second-order valence-corrected chi connectivity index (χ2v) is 8.07. The molecule has 0 heterocycles. The maximum atomic E-state index is 11.8. The molecule has 26 heavy (non-hydrogen) atoms. The number of nitrogens with one attached hydrogen (secondary N) is 1. The monoisotopic (exact) mass is 371 g/mol. The Kier molecular flexibility index (Phi) is 14.1. The first-order chi connectivity index (χ1) is 12.3. The van der Waals surface area contributed by atoms with E-state index < -0.39 is 23.7 Å². The van der Waals surface area contributed by atoms with E-state index >= 15 is 0 Å². The van der Waals surface area contributed by atoms with Crippen LogP contribution in [-0.2, 0) is 14.3 Å². The van der Waals surface area contributed by atoms with E-state index in [0.717, 1.165) is 12.8 Å². The predicted octanol–water partition coefficient (Wildman–Crippen LogP) is 5.75. The van der Waals surface area contributed by atoms with Gasteiger partial charge in [-0.05, 0) is 34.1 Å². The summed E-state index contributed by atoms with van der Waals surface area (Å²) in [6.07, 6.45) is 13.2. The minimum atomic E-state index is -0.697. The van der Waals surface area contributed by atoms with E-state index in [1.807, 2.05) is 0 Å². The number of ether oxygens (including phenoxy) is 2. The SMILES string of the molecule is CCCCCCCCCCCCCOC(=O)[C@H](C)NC(=O)OC(C)(C)C. The lowest BCUT2D eigenvalue weighted by Crippen LogP contribution is -2.42. The molecule has 0 aliphatic rings. The van der Waals surface area contributed by atoms with Crippen molar-refractivity contribution in [1.29, 1.82) is 0 Å². The summed E-state index contributed by atoms with van der Waals surface area (Å²) in [6, 6.07) is -0.697. The molecule has 0 saturated heterocycles. The summed E-state index contributed by atoms with van der Waals surface area (Å²) in [5, 5.41) is 2.49. The molecule has 0 aliphatic heterocycles. The van der Waals surface area contributed by atoms with Crippen LogP contribution in [0.1, 0.15) is 105 Å². The molecule has 1 N–H and O–H groups in total. The smallest absolute Gasteiger partial charge is 0.408 e. The lowest BCUT2D eigenvalue weighted by molar-refractivity contribution is -0.145. The number of amides is 1. The standard InChI is InChI=1S/C21H41NO4/c1-6-7-8-9-10-11-12-13-14-15-16-17-25-19(23)18(2)22-20(24)26-21(3,4)5/h18H,6-17H2,1-5H3,(H,22,24)/t18-/m0/s1. The number of rotatable bonds is 14. The second-order valence-electron chi connectivity index (χ2n) is 8.07. The second kappa shape index (κ2) is 14.9. The fourth-order valence-corrected chi connectivity index (χ4v) is 2.61. The maximum Gasteiger partial charge on any atom is 0.408 e. The average Bonchev–Trinajstić information content (AvgIpc) is 2.53. The largest absolute Gasteiger partial charge is 0.464 e. The molecule has 0 rings (SSSR count). The molecule has 0 aliphatic carbocycles. The van der Waals surface area contributed by atoms with Gasteiger partial charge in [0.05, 0.1) is 6.61 Å². The third-order valence-corrected chi connectivity index (χ3v) is 4.08. The Morgan fingerprint density at radius 2 is 1.31 bits per heavy atom. The van der Waals surface area contributed by atoms with E-state index in [4.69, 9.17) is 9.47 Å². The van der Waals surface area contributed by atoms with Crippen LogP contribution >= 0.6 is 0 Å². The number of alkyl carbamates (subject to hydrolysis) is 1. The quantitative estimate of drug-likeness (QED) is 0.312. The highest BCUT2D eigenvalue weighted by Gasteiger charge is 2.21. The van der Waals surface area contributed by atoms with Gasteiger partial charge in [-0.3, -0.25) is 0 Å². The Labute approximate surface area is 160 Å². The first-order valence-corrected chi connectivity index (χ1v) is 10.4. The third kappa shape index (κ3) is 16.2. The van der Waals surface area contributed by atoms with Crippen molar-refractivity contribution < 1.29 is 19.1 Å². The van der Waals surface area contributed by atoms with E-state index in [1.165, 1.54) is 57.8 Å². The Bertz CT molecular complexity index is 377. The first-order valence-electron chi connectivity index (χ1n) is 10.4. The van der Waals surface area contributed by atoms with Crippen molar-refractivity contribution in [3.63, 3.8) is 0 Å². The van der Waals surface area contributed by atoms with E-state index in [1.54, 1.807) is 27.7 Å². The summed E-state index contributed by atoms with van der Waals surface area (Å²) < 4.78 is 10.3. The van der Waals surface area contributed by atoms with Gasteiger partial charge >= 0.3 is 12.1 Å². The Morgan fingerprint density at radius 1 is 0.846 bits per heavy atom. The summed E-state index contributed by atoms with van der Waals surface area (Å²) in [7, 11) is 0. The van der Waals surface area contributed by atoms with Crippen molar-refractivity contribution in [1.82, 2.24) is 5.32 Å². The van der Waals surface area contributed by atoms with Crippen LogP contribution in [-0.4, -0.2) is 30.3 Å². The predicted molar refractivity (Wildman–Crippen MR) is 106 cm³/mol. The van der Waals surface area contributed by atoms with Crippen LogP contribution in [0.5, 0.6) is 0 Å². The van der Waals surface area contributed by atoms with Gasteiger partial charge in [0.1, 0.15) is 11.6 Å². The van der Waals surface area contributed by atoms with Gasteiger partial charge in [-0.1, -0.05) is 71.1 Å². The van der Waals surface area contributed by atoms with Crippen molar-refractivity contribution in [2.75, 3.05) is 6.61 Å². The van der Waals surface area contributed by atoms with Crippen molar-refractivity contribution in [2.24, 2.45) is 0 Å². The van der Waals surface area contributed by atoms with Crippen LogP contribution in [0.25, 0.3) is 0 Å². The van der Waals surface area contributed by atoms with Gasteiger partial charge in [0.2, 0.25) is 0 Å². The van der Waals surface area contributed by atoms with Crippen LogP contribution in [0.3, 0.4) is 0 Å². The minimum absolute atomic E-state index is 0.413. The van der Waals surface area contributed by atoms with Gasteiger partial charge in [-0.2, -0.15) is 0 Å². The summed E-state index contributed by atoms with van der Waals surface area (Å²) in [4.78, 5) is 23.4. The van der Waals surface area contributed by atoms with Crippen LogP contribution in [0.4, 0.5) is 4.79 Å². The topological polar surface area (TPSA) is 64.6 Å². The molecule has 1 atom stereocenters. The zero-order valence-electron chi connectivity index (χ0n) is 17.7. The normalized spacial score (nSPS) is 12.5. The zero-order valence-corrected chi connectivity index (χ0v) is 17.7. The van der Waals surface area contributed by atoms with E-state index in [9.17, 15) is 9.59 Å². The summed E-state index contributed by atoms with van der Waals surface area (Å²) in [5.74, 6) is -0.414. The lowest BCUT2D eigenvalue weighted by Gasteiger charge is -2.21. The molecule has 0 spiro atoms. The fraction of sp³-hybridized carbons (Fsp3) is 0.905. The molecule has 154 valence electrons. The molecule has 0 fully saturated rings. The number of carbonyl (C=O) groups is 2. The fourth-order valence-electron chi connectivity index (χ4n) is 2.61. The van der Waals surface area contributed by atoms with Crippen LogP contribution in [0.15, 0.2) is 0 Å². The van der Waals surface area contributed by atoms with Gasteiger partial charge in [-0.15, -0.1) is 0 Å². The van der Waals surface area contributed by atoms with Crippen LogP contribution < -0.4 is 5.32 Å². The molecular weight excluding hydrogens is 330 g/mol. The molecule has 5 heteroatoms. The molecule has 0 radical (unpaired) electrons. The van der Waals surface area contributed by atoms with Gasteiger partial charge in [-0.25, -0.2) is 9.59 Å². The lowest BCUT2D eigenvalue weighted by atomic mass is 10.1. The van der Waals surface area contributed by atoms with Crippen molar-refractivity contribution in [3.05, 3.63) is 0 Å². The van der Waals surface area contributed by atoms with Gasteiger partial charge in [0.25, 0.3) is 0 Å². The van der Waals surface area contributed by atoms with Gasteiger partial charge in [0, 0.05) is 0 Å². The molecule has 0 aromatic rings. The highest BCUT2D eigenvalue weighted by atomic mass is 16.6. The number of hydrogen-bond donors (Lipinski definition) is 1. The number of unbranched alkanes of at least 4 members (excludes halogenated alkanes) is 10. The number of esters is 1. The highest BCUT2D eigenvalue weighted by molar-refractivity contribution is 5.80. The average molecular weight is 372 g/mol.